The Morgan fingerprint density at radius 1 is 1.21 bits per heavy atom. The van der Waals surface area contributed by atoms with E-state index in [0.717, 1.165) is 12.1 Å². The highest BCUT2D eigenvalue weighted by molar-refractivity contribution is 9.10. The van der Waals surface area contributed by atoms with Crippen molar-refractivity contribution in [2.45, 2.75) is 17.9 Å². The standard InChI is InChI=1S/C17H17BrN2O7S/c1-26-16-14(18)13(9-21)12-7-8-19(15(12)17(16)27-2)28(24,25)11-5-3-10(4-6-11)20(22)23/h3-6,21H,7-9H2,1-2H3. The zero-order chi connectivity index (χ0) is 20.6. The molecule has 0 saturated heterocycles. The zero-order valence-electron chi connectivity index (χ0n) is 15.0. The number of hydrogen-bond donors (Lipinski definition) is 1. The monoisotopic (exact) mass is 472 g/mol. The summed E-state index contributed by atoms with van der Waals surface area (Å²) in [6.45, 7) is -0.174. The van der Waals surface area contributed by atoms with Crippen LogP contribution in [-0.2, 0) is 23.1 Å². The Morgan fingerprint density at radius 3 is 2.32 bits per heavy atom. The van der Waals surface area contributed by atoms with E-state index in [2.05, 4.69) is 15.9 Å². The number of rotatable bonds is 6. The Balaban J connectivity index is 2.19. The molecule has 1 aliphatic heterocycles. The number of nitrogens with zero attached hydrogens (tertiary/aromatic N) is 2. The third kappa shape index (κ3) is 3.09. The molecular weight excluding hydrogens is 456 g/mol. The van der Waals surface area contributed by atoms with E-state index in [1.54, 1.807) is 0 Å². The molecule has 1 aliphatic rings. The number of fused-ring (bicyclic) bond motifs is 1. The molecule has 0 bridgehead atoms. The second kappa shape index (κ2) is 7.57. The second-order valence-electron chi connectivity index (χ2n) is 5.92. The highest BCUT2D eigenvalue weighted by atomic mass is 79.9. The van der Waals surface area contributed by atoms with Gasteiger partial charge >= 0.3 is 0 Å². The molecule has 0 atom stereocenters. The number of nitro groups is 1. The van der Waals surface area contributed by atoms with E-state index in [0.29, 0.717) is 27.7 Å². The average molecular weight is 473 g/mol. The molecule has 150 valence electrons. The lowest BCUT2D eigenvalue weighted by Gasteiger charge is -2.24. The second-order valence-corrected chi connectivity index (χ2v) is 8.58. The van der Waals surface area contributed by atoms with Gasteiger partial charge in [0, 0.05) is 24.2 Å². The number of nitro benzene ring substituents is 1. The van der Waals surface area contributed by atoms with E-state index < -0.39 is 14.9 Å². The smallest absolute Gasteiger partial charge is 0.269 e. The lowest BCUT2D eigenvalue weighted by atomic mass is 10.0. The summed E-state index contributed by atoms with van der Waals surface area (Å²) in [7, 11) is -1.19. The SMILES string of the molecule is COc1c(Br)c(CO)c2c(c1OC)N(S(=O)(=O)c1ccc([N+](=O)[O-])cc1)CC2. The van der Waals surface area contributed by atoms with Crippen molar-refractivity contribution >= 4 is 37.3 Å². The fraction of sp³-hybridized carbons (Fsp3) is 0.294. The predicted molar refractivity (Wildman–Crippen MR) is 105 cm³/mol. The number of halogens is 1. The molecule has 9 nitrogen and oxygen atoms in total. The summed E-state index contributed by atoms with van der Waals surface area (Å²) < 4.78 is 38.9. The molecule has 11 heteroatoms. The first kappa shape index (κ1) is 20.4. The van der Waals surface area contributed by atoms with Crippen LogP contribution in [0.15, 0.2) is 33.6 Å². The van der Waals surface area contributed by atoms with Crippen LogP contribution in [0.4, 0.5) is 11.4 Å². The molecule has 0 aromatic heterocycles. The van der Waals surface area contributed by atoms with E-state index in [4.69, 9.17) is 9.47 Å². The minimum absolute atomic E-state index is 0.0829. The van der Waals surface area contributed by atoms with Gasteiger partial charge in [0.05, 0.1) is 35.1 Å². The summed E-state index contributed by atoms with van der Waals surface area (Å²) >= 11 is 3.39. The van der Waals surface area contributed by atoms with Gasteiger partial charge in [0.15, 0.2) is 11.5 Å². The molecule has 28 heavy (non-hydrogen) atoms. The van der Waals surface area contributed by atoms with Crippen molar-refractivity contribution < 1.29 is 27.9 Å². The summed E-state index contributed by atoms with van der Waals surface area (Å²) in [6.07, 6.45) is 0.371. The van der Waals surface area contributed by atoms with Crippen molar-refractivity contribution in [3.63, 3.8) is 0 Å². The minimum Gasteiger partial charge on any atom is -0.492 e. The van der Waals surface area contributed by atoms with E-state index in [9.17, 15) is 23.6 Å². The molecule has 0 spiro atoms. The quantitative estimate of drug-likeness (QED) is 0.506. The first-order chi connectivity index (χ1) is 13.3. The van der Waals surface area contributed by atoms with Gasteiger partial charge in [0.2, 0.25) is 0 Å². The summed E-state index contributed by atoms with van der Waals surface area (Å²) in [4.78, 5) is 10.1. The lowest BCUT2D eigenvalue weighted by molar-refractivity contribution is -0.384. The van der Waals surface area contributed by atoms with Gasteiger partial charge in [-0.3, -0.25) is 14.4 Å². The highest BCUT2D eigenvalue weighted by Gasteiger charge is 2.38. The summed E-state index contributed by atoms with van der Waals surface area (Å²) in [5, 5.41) is 20.6. The van der Waals surface area contributed by atoms with Crippen LogP contribution in [0.1, 0.15) is 11.1 Å². The van der Waals surface area contributed by atoms with E-state index in [1.165, 1.54) is 30.7 Å². The van der Waals surface area contributed by atoms with Gasteiger partial charge in [-0.05, 0) is 40.0 Å². The fourth-order valence-corrected chi connectivity index (χ4v) is 5.47. The number of benzene rings is 2. The van der Waals surface area contributed by atoms with Crippen molar-refractivity contribution in [1.29, 1.82) is 0 Å². The maximum atomic E-state index is 13.2. The maximum absolute atomic E-state index is 13.2. The third-order valence-electron chi connectivity index (χ3n) is 4.55. The van der Waals surface area contributed by atoms with Gasteiger partial charge in [0.25, 0.3) is 15.7 Å². The van der Waals surface area contributed by atoms with Gasteiger partial charge in [-0.1, -0.05) is 0 Å². The van der Waals surface area contributed by atoms with E-state index >= 15 is 0 Å². The van der Waals surface area contributed by atoms with E-state index in [-0.39, 0.29) is 35.2 Å². The van der Waals surface area contributed by atoms with Gasteiger partial charge in [0.1, 0.15) is 5.69 Å². The predicted octanol–water partition coefficient (Wildman–Crippen LogP) is 2.62. The summed E-state index contributed by atoms with van der Waals surface area (Å²) in [6, 6.07) is 4.67. The van der Waals surface area contributed by atoms with Crippen LogP contribution in [0.5, 0.6) is 11.5 Å². The summed E-state index contributed by atoms with van der Waals surface area (Å²) in [5.41, 5.74) is 1.25. The molecule has 1 N–H and O–H groups in total. The van der Waals surface area contributed by atoms with Crippen LogP contribution in [-0.4, -0.2) is 39.2 Å². The molecule has 3 rings (SSSR count). The Bertz CT molecular complexity index is 1040. The van der Waals surface area contributed by atoms with Crippen LogP contribution in [0.25, 0.3) is 0 Å². The first-order valence-corrected chi connectivity index (χ1v) is 10.3. The Morgan fingerprint density at radius 2 is 1.82 bits per heavy atom. The highest BCUT2D eigenvalue weighted by Crippen LogP contribution is 2.51. The Labute approximate surface area is 169 Å². The molecule has 2 aromatic carbocycles. The van der Waals surface area contributed by atoms with Crippen molar-refractivity contribution in [3.05, 3.63) is 50.0 Å². The van der Waals surface area contributed by atoms with Crippen LogP contribution >= 0.6 is 15.9 Å². The van der Waals surface area contributed by atoms with Crippen LogP contribution in [0.3, 0.4) is 0 Å². The molecule has 0 unspecified atom stereocenters. The number of sulfonamides is 1. The Kier molecular flexibility index (Phi) is 5.50. The van der Waals surface area contributed by atoms with Gasteiger partial charge in [-0.15, -0.1) is 0 Å². The first-order valence-electron chi connectivity index (χ1n) is 8.11. The number of aliphatic hydroxyl groups excluding tert-OH is 1. The number of hydrogen-bond acceptors (Lipinski definition) is 7. The van der Waals surface area contributed by atoms with Gasteiger partial charge in [-0.2, -0.15) is 0 Å². The topological polar surface area (TPSA) is 119 Å². The molecule has 0 amide bonds. The molecule has 0 fully saturated rings. The minimum atomic E-state index is -4.01. The molecule has 2 aromatic rings. The fourth-order valence-electron chi connectivity index (χ4n) is 3.26. The number of methoxy groups -OCH3 is 2. The van der Waals surface area contributed by atoms with Crippen LogP contribution in [0, 0.1) is 10.1 Å². The third-order valence-corrected chi connectivity index (χ3v) is 7.20. The number of ether oxygens (including phenoxy) is 2. The number of non-ortho nitro benzene ring substituents is 1. The maximum Gasteiger partial charge on any atom is 0.269 e. The largest absolute Gasteiger partial charge is 0.492 e. The molecular formula is C17H17BrN2O7S. The lowest BCUT2D eigenvalue weighted by Crippen LogP contribution is -2.29. The normalized spacial score (nSPS) is 13.4. The van der Waals surface area contributed by atoms with Crippen molar-refractivity contribution in [2.75, 3.05) is 25.1 Å². The van der Waals surface area contributed by atoms with Crippen molar-refractivity contribution in [1.82, 2.24) is 0 Å². The van der Waals surface area contributed by atoms with Gasteiger partial charge in [-0.25, -0.2) is 8.42 Å². The van der Waals surface area contributed by atoms with Crippen LogP contribution in [0.2, 0.25) is 0 Å². The number of aliphatic hydroxyl groups is 1. The van der Waals surface area contributed by atoms with Crippen LogP contribution < -0.4 is 13.8 Å². The molecule has 1 heterocycles. The number of anilines is 1. The van der Waals surface area contributed by atoms with E-state index in [1.807, 2.05) is 0 Å². The molecule has 0 aliphatic carbocycles. The zero-order valence-corrected chi connectivity index (χ0v) is 17.4. The molecule has 0 radical (unpaired) electrons. The van der Waals surface area contributed by atoms with Gasteiger partial charge < -0.3 is 14.6 Å². The van der Waals surface area contributed by atoms with Crippen molar-refractivity contribution in [3.8, 4) is 11.5 Å². The Hall–Kier alpha value is -2.37. The summed E-state index contributed by atoms with van der Waals surface area (Å²) in [5.74, 6) is 0.501. The average Bonchev–Trinajstić information content (AvgIpc) is 3.12. The van der Waals surface area contributed by atoms with Crippen molar-refractivity contribution in [2.24, 2.45) is 0 Å². The molecule has 0 saturated carbocycles.